The first-order valence-electron chi connectivity index (χ1n) is 9.51. The molecular formula is C21H29NO6. The van der Waals surface area contributed by atoms with E-state index in [4.69, 9.17) is 9.47 Å². The quantitative estimate of drug-likeness (QED) is 0.773. The second kappa shape index (κ2) is 8.63. The highest BCUT2D eigenvalue weighted by Crippen LogP contribution is 2.40. The lowest BCUT2D eigenvalue weighted by atomic mass is 9.69. The third kappa shape index (κ3) is 5.03. The Balaban J connectivity index is 2.14. The number of carbonyl (C=O) groups is 3. The van der Waals surface area contributed by atoms with Gasteiger partial charge in [-0.25, -0.2) is 4.79 Å². The van der Waals surface area contributed by atoms with Crippen molar-refractivity contribution in [3.63, 3.8) is 0 Å². The number of aliphatic carboxylic acids is 1. The van der Waals surface area contributed by atoms with Crippen LogP contribution < -0.4 is 0 Å². The van der Waals surface area contributed by atoms with Gasteiger partial charge in [0.25, 0.3) is 0 Å². The lowest BCUT2D eigenvalue weighted by Crippen LogP contribution is -2.57. The summed E-state index contributed by atoms with van der Waals surface area (Å²) in [7, 11) is 0. The molecule has 1 aromatic carbocycles. The zero-order valence-electron chi connectivity index (χ0n) is 16.9. The van der Waals surface area contributed by atoms with E-state index in [2.05, 4.69) is 0 Å². The number of esters is 1. The van der Waals surface area contributed by atoms with E-state index in [9.17, 15) is 19.5 Å². The summed E-state index contributed by atoms with van der Waals surface area (Å²) in [5.41, 5.74) is -1.25. The first-order valence-corrected chi connectivity index (χ1v) is 9.51. The van der Waals surface area contributed by atoms with Crippen LogP contribution in [0.4, 0.5) is 4.79 Å². The number of carboxylic acid groups (broad SMARTS) is 1. The first-order chi connectivity index (χ1) is 13.1. The van der Waals surface area contributed by atoms with Crippen molar-refractivity contribution in [1.82, 2.24) is 4.90 Å². The minimum atomic E-state index is -1.40. The number of likely N-dealkylation sites (tertiary alicyclic amines) is 1. The van der Waals surface area contributed by atoms with Crippen molar-refractivity contribution in [1.29, 1.82) is 0 Å². The van der Waals surface area contributed by atoms with Gasteiger partial charge in [-0.05, 0) is 39.2 Å². The van der Waals surface area contributed by atoms with Gasteiger partial charge in [0, 0.05) is 13.1 Å². The third-order valence-electron chi connectivity index (χ3n) is 5.04. The van der Waals surface area contributed by atoms with E-state index in [1.807, 2.05) is 30.3 Å². The molecule has 1 aromatic rings. The Morgan fingerprint density at radius 3 is 2.39 bits per heavy atom. The molecule has 0 unspecified atom stereocenters. The molecule has 7 heteroatoms. The topological polar surface area (TPSA) is 93.1 Å². The SMILES string of the molecule is CC[C@]1(C(=O)O)CN(C(=O)OC(C)(C)C)CC[C@H]1C(=O)OCc1ccccc1. The van der Waals surface area contributed by atoms with Gasteiger partial charge in [0.2, 0.25) is 0 Å². The Hall–Kier alpha value is -2.57. The van der Waals surface area contributed by atoms with Crippen LogP contribution in [-0.4, -0.2) is 46.7 Å². The molecular weight excluding hydrogens is 362 g/mol. The number of nitrogens with zero attached hydrogens (tertiary/aromatic N) is 1. The number of hydrogen-bond acceptors (Lipinski definition) is 5. The summed E-state index contributed by atoms with van der Waals surface area (Å²) in [5.74, 6) is -2.47. The lowest BCUT2D eigenvalue weighted by Gasteiger charge is -2.43. The summed E-state index contributed by atoms with van der Waals surface area (Å²) < 4.78 is 10.8. The van der Waals surface area contributed by atoms with E-state index in [0.29, 0.717) is 0 Å². The highest BCUT2D eigenvalue weighted by molar-refractivity contribution is 5.85. The second-order valence-corrected chi connectivity index (χ2v) is 8.15. The van der Waals surface area contributed by atoms with Crippen LogP contribution in [-0.2, 0) is 25.7 Å². The highest BCUT2D eigenvalue weighted by Gasteiger charge is 2.53. The molecule has 0 aliphatic carbocycles. The van der Waals surface area contributed by atoms with E-state index < -0.39 is 35.0 Å². The molecule has 1 heterocycles. The van der Waals surface area contributed by atoms with Gasteiger partial charge in [-0.2, -0.15) is 0 Å². The molecule has 7 nitrogen and oxygen atoms in total. The summed E-state index contributed by atoms with van der Waals surface area (Å²) in [4.78, 5) is 38.7. The highest BCUT2D eigenvalue weighted by atomic mass is 16.6. The Bertz CT molecular complexity index is 711. The Labute approximate surface area is 165 Å². The van der Waals surface area contributed by atoms with Gasteiger partial charge in [0.05, 0.1) is 11.3 Å². The van der Waals surface area contributed by atoms with Crippen molar-refractivity contribution >= 4 is 18.0 Å². The number of ether oxygens (including phenoxy) is 2. The fourth-order valence-electron chi connectivity index (χ4n) is 3.47. The number of benzene rings is 1. The molecule has 1 saturated heterocycles. The van der Waals surface area contributed by atoms with Crippen molar-refractivity contribution < 1.29 is 29.0 Å². The zero-order valence-corrected chi connectivity index (χ0v) is 16.9. The number of hydrogen-bond donors (Lipinski definition) is 1. The number of carbonyl (C=O) groups excluding carboxylic acids is 2. The molecule has 1 amide bonds. The van der Waals surface area contributed by atoms with Crippen LogP contribution >= 0.6 is 0 Å². The average Bonchev–Trinajstić information content (AvgIpc) is 2.64. The molecule has 1 fully saturated rings. The van der Waals surface area contributed by atoms with E-state index in [1.165, 1.54) is 4.90 Å². The Kier molecular flexibility index (Phi) is 6.69. The van der Waals surface area contributed by atoms with E-state index in [0.717, 1.165) is 5.56 Å². The maximum absolute atomic E-state index is 12.7. The van der Waals surface area contributed by atoms with E-state index >= 15 is 0 Å². The average molecular weight is 391 g/mol. The molecule has 0 radical (unpaired) electrons. The fourth-order valence-corrected chi connectivity index (χ4v) is 3.47. The Morgan fingerprint density at radius 2 is 1.86 bits per heavy atom. The molecule has 0 saturated carbocycles. The van der Waals surface area contributed by atoms with Gasteiger partial charge in [0.1, 0.15) is 12.2 Å². The second-order valence-electron chi connectivity index (χ2n) is 8.15. The minimum absolute atomic E-state index is 0.0845. The summed E-state index contributed by atoms with van der Waals surface area (Å²) in [6, 6.07) is 9.22. The molecule has 1 aliphatic heterocycles. The van der Waals surface area contributed by atoms with Gasteiger partial charge < -0.3 is 19.5 Å². The minimum Gasteiger partial charge on any atom is -0.481 e. The van der Waals surface area contributed by atoms with Crippen molar-refractivity contribution in [2.24, 2.45) is 11.3 Å². The van der Waals surface area contributed by atoms with E-state index in [-0.39, 0.29) is 32.5 Å². The molecule has 1 aliphatic rings. The molecule has 28 heavy (non-hydrogen) atoms. The van der Waals surface area contributed by atoms with Crippen molar-refractivity contribution in [2.45, 2.75) is 52.7 Å². The van der Waals surface area contributed by atoms with Gasteiger partial charge in [-0.15, -0.1) is 0 Å². The maximum Gasteiger partial charge on any atom is 0.410 e. The number of carboxylic acids is 1. The maximum atomic E-state index is 12.7. The first kappa shape index (κ1) is 21.7. The van der Waals surface area contributed by atoms with Crippen LogP contribution in [0.25, 0.3) is 0 Å². The van der Waals surface area contributed by atoms with Gasteiger partial charge in [-0.1, -0.05) is 37.3 Å². The van der Waals surface area contributed by atoms with Gasteiger partial charge in [0.15, 0.2) is 0 Å². The Morgan fingerprint density at radius 1 is 1.21 bits per heavy atom. The van der Waals surface area contributed by atoms with Crippen molar-refractivity contribution in [2.75, 3.05) is 13.1 Å². The molecule has 0 spiro atoms. The lowest BCUT2D eigenvalue weighted by molar-refractivity contribution is -0.172. The number of rotatable bonds is 5. The summed E-state index contributed by atoms with van der Waals surface area (Å²) in [6.07, 6.45) is -0.151. The van der Waals surface area contributed by atoms with Crippen LogP contribution in [0.5, 0.6) is 0 Å². The molecule has 0 aromatic heterocycles. The molecule has 2 rings (SSSR count). The predicted octanol–water partition coefficient (Wildman–Crippen LogP) is 3.47. The third-order valence-corrected chi connectivity index (χ3v) is 5.04. The molecule has 2 atom stereocenters. The number of piperidine rings is 1. The number of amides is 1. The van der Waals surface area contributed by atoms with Crippen LogP contribution in [0.3, 0.4) is 0 Å². The largest absolute Gasteiger partial charge is 0.481 e. The van der Waals surface area contributed by atoms with Gasteiger partial charge in [-0.3, -0.25) is 9.59 Å². The summed E-state index contributed by atoms with van der Waals surface area (Å²) in [5, 5.41) is 9.94. The molecule has 0 bridgehead atoms. The smallest absolute Gasteiger partial charge is 0.410 e. The standard InChI is InChI=1S/C21H29NO6/c1-5-21(18(24)25)14-22(19(26)28-20(2,3)4)12-11-16(21)17(23)27-13-15-9-7-6-8-10-15/h6-10,16H,5,11-14H2,1-4H3,(H,24,25)/t16-,21-/m0/s1. The zero-order chi connectivity index (χ0) is 20.9. The van der Waals surface area contributed by atoms with Crippen LogP contribution in [0.1, 0.15) is 46.1 Å². The normalized spacial score (nSPS) is 22.4. The molecule has 1 N–H and O–H groups in total. The molecule has 154 valence electrons. The van der Waals surface area contributed by atoms with Crippen molar-refractivity contribution in [3.8, 4) is 0 Å². The summed E-state index contributed by atoms with van der Waals surface area (Å²) in [6.45, 7) is 7.22. The fraction of sp³-hybridized carbons (Fsp3) is 0.571. The van der Waals surface area contributed by atoms with Crippen LogP contribution in [0, 0.1) is 11.3 Å². The van der Waals surface area contributed by atoms with Crippen LogP contribution in [0.2, 0.25) is 0 Å². The van der Waals surface area contributed by atoms with Crippen molar-refractivity contribution in [3.05, 3.63) is 35.9 Å². The predicted molar refractivity (Wildman–Crippen MR) is 103 cm³/mol. The van der Waals surface area contributed by atoms with Crippen LogP contribution in [0.15, 0.2) is 30.3 Å². The van der Waals surface area contributed by atoms with Gasteiger partial charge >= 0.3 is 18.0 Å². The monoisotopic (exact) mass is 391 g/mol. The van der Waals surface area contributed by atoms with E-state index in [1.54, 1.807) is 27.7 Å². The summed E-state index contributed by atoms with van der Waals surface area (Å²) >= 11 is 0.